The van der Waals surface area contributed by atoms with E-state index < -0.39 is 6.10 Å². The molecule has 0 fully saturated rings. The predicted octanol–water partition coefficient (Wildman–Crippen LogP) is 3.61. The number of amides is 1. The summed E-state index contributed by atoms with van der Waals surface area (Å²) < 4.78 is 11.0. The zero-order chi connectivity index (χ0) is 17.7. The summed E-state index contributed by atoms with van der Waals surface area (Å²) in [6, 6.07) is 12.3. The van der Waals surface area contributed by atoms with Gasteiger partial charge in [-0.25, -0.2) is 0 Å². The minimum absolute atomic E-state index is 0.0558. The Morgan fingerprint density at radius 3 is 2.50 bits per heavy atom. The van der Waals surface area contributed by atoms with E-state index in [4.69, 9.17) is 9.47 Å². The third kappa shape index (κ3) is 4.35. The number of Topliss-reactive ketones (excluding diaryl/α,β-unsaturated/α-hetero) is 1. The molecule has 0 aliphatic rings. The number of carbonyl (C=O) groups is 2. The van der Waals surface area contributed by atoms with Crippen LogP contribution in [0.15, 0.2) is 42.5 Å². The van der Waals surface area contributed by atoms with Crippen LogP contribution >= 0.6 is 0 Å². The first-order valence-corrected chi connectivity index (χ1v) is 7.64. The molecule has 0 unspecified atom stereocenters. The summed E-state index contributed by atoms with van der Waals surface area (Å²) in [5.41, 5.74) is 2.14. The van der Waals surface area contributed by atoms with Crippen LogP contribution in [0, 0.1) is 6.92 Å². The fourth-order valence-corrected chi connectivity index (χ4v) is 2.18. The van der Waals surface area contributed by atoms with Gasteiger partial charge in [-0.3, -0.25) is 9.59 Å². The second kappa shape index (κ2) is 7.64. The van der Waals surface area contributed by atoms with Crippen LogP contribution in [-0.4, -0.2) is 24.9 Å². The zero-order valence-electron chi connectivity index (χ0n) is 14.3. The van der Waals surface area contributed by atoms with E-state index in [2.05, 4.69) is 5.32 Å². The highest BCUT2D eigenvalue weighted by Gasteiger charge is 2.17. The van der Waals surface area contributed by atoms with Crippen molar-refractivity contribution in [2.75, 3.05) is 12.4 Å². The lowest BCUT2D eigenvalue weighted by Gasteiger charge is -2.17. The molecule has 0 bridgehead atoms. The van der Waals surface area contributed by atoms with Gasteiger partial charge in [0.25, 0.3) is 5.91 Å². The van der Waals surface area contributed by atoms with E-state index in [1.807, 2.05) is 19.1 Å². The lowest BCUT2D eigenvalue weighted by molar-refractivity contribution is -0.122. The van der Waals surface area contributed by atoms with E-state index in [-0.39, 0.29) is 11.7 Å². The monoisotopic (exact) mass is 327 g/mol. The molecular formula is C19H21NO4. The number of anilines is 1. The molecule has 0 saturated carbocycles. The van der Waals surface area contributed by atoms with Crippen LogP contribution in [0.2, 0.25) is 0 Å². The topological polar surface area (TPSA) is 64.6 Å². The van der Waals surface area contributed by atoms with Gasteiger partial charge in [-0.1, -0.05) is 18.2 Å². The second-order valence-electron chi connectivity index (χ2n) is 5.54. The van der Waals surface area contributed by atoms with Gasteiger partial charge in [-0.15, -0.1) is 0 Å². The van der Waals surface area contributed by atoms with Crippen molar-refractivity contribution in [3.63, 3.8) is 0 Å². The highest BCUT2D eigenvalue weighted by atomic mass is 16.5. The van der Waals surface area contributed by atoms with Crippen molar-refractivity contribution in [3.05, 3.63) is 53.6 Å². The summed E-state index contributed by atoms with van der Waals surface area (Å²) in [5.74, 6) is 0.717. The molecule has 2 aromatic carbocycles. The number of ether oxygens (including phenoxy) is 2. The van der Waals surface area contributed by atoms with Crippen LogP contribution in [0.25, 0.3) is 0 Å². The van der Waals surface area contributed by atoms with Crippen molar-refractivity contribution in [2.45, 2.75) is 26.9 Å². The van der Waals surface area contributed by atoms with Gasteiger partial charge in [0.05, 0.1) is 7.11 Å². The number of ketones is 1. The van der Waals surface area contributed by atoms with Gasteiger partial charge in [-0.05, 0) is 50.6 Å². The summed E-state index contributed by atoms with van der Waals surface area (Å²) in [5, 5.41) is 2.75. The zero-order valence-corrected chi connectivity index (χ0v) is 14.3. The van der Waals surface area contributed by atoms with E-state index in [9.17, 15) is 9.59 Å². The maximum atomic E-state index is 12.3. The first-order chi connectivity index (χ1) is 11.4. The number of methoxy groups -OCH3 is 1. The number of rotatable bonds is 6. The molecule has 0 aliphatic heterocycles. The largest absolute Gasteiger partial charge is 0.493 e. The molecule has 0 saturated heterocycles. The van der Waals surface area contributed by atoms with Crippen molar-refractivity contribution in [1.82, 2.24) is 0 Å². The number of carbonyl (C=O) groups excluding carboxylic acids is 2. The molecule has 0 spiro atoms. The average molecular weight is 327 g/mol. The molecule has 126 valence electrons. The molecule has 5 heteroatoms. The first-order valence-electron chi connectivity index (χ1n) is 7.64. The summed E-state index contributed by atoms with van der Waals surface area (Å²) in [4.78, 5) is 23.7. The second-order valence-corrected chi connectivity index (χ2v) is 5.54. The normalized spacial score (nSPS) is 11.5. The molecule has 1 amide bonds. The first kappa shape index (κ1) is 17.5. The molecular weight excluding hydrogens is 306 g/mol. The Kier molecular flexibility index (Phi) is 5.58. The lowest BCUT2D eigenvalue weighted by atomic mass is 10.1. The van der Waals surface area contributed by atoms with E-state index in [0.717, 1.165) is 5.56 Å². The molecule has 24 heavy (non-hydrogen) atoms. The fourth-order valence-electron chi connectivity index (χ4n) is 2.18. The summed E-state index contributed by atoms with van der Waals surface area (Å²) in [7, 11) is 1.56. The third-order valence-corrected chi connectivity index (χ3v) is 3.53. The van der Waals surface area contributed by atoms with Gasteiger partial charge in [0, 0.05) is 11.3 Å². The van der Waals surface area contributed by atoms with Crippen molar-refractivity contribution < 1.29 is 19.1 Å². The van der Waals surface area contributed by atoms with Crippen molar-refractivity contribution in [1.29, 1.82) is 0 Å². The number of hydrogen-bond donors (Lipinski definition) is 1. The smallest absolute Gasteiger partial charge is 0.265 e. The summed E-state index contributed by atoms with van der Waals surface area (Å²) in [6.07, 6.45) is -0.720. The van der Waals surface area contributed by atoms with Crippen LogP contribution in [0.4, 0.5) is 5.69 Å². The minimum atomic E-state index is -0.720. The molecule has 0 aliphatic carbocycles. The Labute approximate surface area is 141 Å². The standard InChI is InChI=1S/C19H21NO4/c1-12-8-9-17(18(10-12)23-4)24-14(3)19(22)20-16-7-5-6-15(11-16)13(2)21/h5-11,14H,1-4H3,(H,20,22)/t14-/m0/s1. The highest BCUT2D eigenvalue weighted by Crippen LogP contribution is 2.28. The maximum Gasteiger partial charge on any atom is 0.265 e. The summed E-state index contributed by atoms with van der Waals surface area (Å²) >= 11 is 0. The SMILES string of the molecule is COc1cc(C)ccc1O[C@@H](C)C(=O)Nc1cccc(C(C)=O)c1. The van der Waals surface area contributed by atoms with Gasteiger partial charge >= 0.3 is 0 Å². The quantitative estimate of drug-likeness (QED) is 0.823. The molecule has 0 heterocycles. The number of benzene rings is 2. The van der Waals surface area contributed by atoms with E-state index >= 15 is 0 Å². The van der Waals surface area contributed by atoms with Crippen LogP contribution in [0.1, 0.15) is 29.8 Å². The van der Waals surface area contributed by atoms with Gasteiger partial charge < -0.3 is 14.8 Å². The Balaban J connectivity index is 2.07. The van der Waals surface area contributed by atoms with Gasteiger partial charge in [-0.2, -0.15) is 0 Å². The third-order valence-electron chi connectivity index (χ3n) is 3.53. The Morgan fingerprint density at radius 2 is 1.83 bits per heavy atom. The average Bonchev–Trinajstić information content (AvgIpc) is 2.56. The number of hydrogen-bond acceptors (Lipinski definition) is 4. The molecule has 1 N–H and O–H groups in total. The molecule has 1 atom stereocenters. The van der Waals surface area contributed by atoms with Crippen LogP contribution < -0.4 is 14.8 Å². The van der Waals surface area contributed by atoms with E-state index in [0.29, 0.717) is 22.7 Å². The van der Waals surface area contributed by atoms with Crippen molar-refractivity contribution in [3.8, 4) is 11.5 Å². The maximum absolute atomic E-state index is 12.3. The van der Waals surface area contributed by atoms with Crippen molar-refractivity contribution >= 4 is 17.4 Å². The van der Waals surface area contributed by atoms with Gasteiger partial charge in [0.2, 0.25) is 0 Å². The Bertz CT molecular complexity index is 755. The van der Waals surface area contributed by atoms with E-state index in [1.165, 1.54) is 6.92 Å². The van der Waals surface area contributed by atoms with Gasteiger partial charge in [0.15, 0.2) is 23.4 Å². The molecule has 5 nitrogen and oxygen atoms in total. The molecule has 0 aromatic heterocycles. The van der Waals surface area contributed by atoms with Gasteiger partial charge in [0.1, 0.15) is 0 Å². The number of aryl methyl sites for hydroxylation is 1. The molecule has 2 rings (SSSR count). The van der Waals surface area contributed by atoms with Crippen LogP contribution in [0.5, 0.6) is 11.5 Å². The molecule has 2 aromatic rings. The predicted molar refractivity (Wildman–Crippen MR) is 92.9 cm³/mol. The highest BCUT2D eigenvalue weighted by molar-refractivity contribution is 5.98. The Morgan fingerprint density at radius 1 is 1.08 bits per heavy atom. The fraction of sp³-hybridized carbons (Fsp3) is 0.263. The molecule has 0 radical (unpaired) electrons. The minimum Gasteiger partial charge on any atom is -0.493 e. The van der Waals surface area contributed by atoms with Crippen LogP contribution in [-0.2, 0) is 4.79 Å². The van der Waals surface area contributed by atoms with Crippen LogP contribution in [0.3, 0.4) is 0 Å². The summed E-state index contributed by atoms with van der Waals surface area (Å²) in [6.45, 7) is 5.09. The number of nitrogens with one attached hydrogen (secondary N) is 1. The Hall–Kier alpha value is -2.82. The van der Waals surface area contributed by atoms with Crippen molar-refractivity contribution in [2.24, 2.45) is 0 Å². The lowest BCUT2D eigenvalue weighted by Crippen LogP contribution is -2.30. The van der Waals surface area contributed by atoms with E-state index in [1.54, 1.807) is 44.4 Å².